The Hall–Kier alpha value is -2.96. The molecule has 5 nitrogen and oxygen atoms in total. The molecular formula is C50H69NO4S. The first-order chi connectivity index (χ1) is 26.4. The Morgan fingerprint density at radius 1 is 0.875 bits per heavy atom. The minimum atomic E-state index is -2.92. The number of fused-ring (bicyclic) bond motifs is 7. The molecular weight excluding hydrogens is 711 g/mol. The molecule has 1 aromatic rings. The highest BCUT2D eigenvalue weighted by Crippen LogP contribution is 2.83. The van der Waals surface area contributed by atoms with Gasteiger partial charge in [0.2, 0.25) is 0 Å². The van der Waals surface area contributed by atoms with Crippen molar-refractivity contribution in [2.24, 2.45) is 50.2 Å². The van der Waals surface area contributed by atoms with Crippen LogP contribution in [0, 0.1) is 50.2 Å². The third-order valence-electron chi connectivity index (χ3n) is 18.2. The van der Waals surface area contributed by atoms with Gasteiger partial charge in [-0.05, 0) is 154 Å². The van der Waals surface area contributed by atoms with Gasteiger partial charge >= 0.3 is 5.97 Å². The van der Waals surface area contributed by atoms with Gasteiger partial charge in [-0.2, -0.15) is 0 Å². The van der Waals surface area contributed by atoms with Crippen LogP contribution in [0.15, 0.2) is 92.1 Å². The SMILES string of the molecule is C=C[C@]12CC[C@H]3C(CCC4(NCCC5=CCCS(=O)(=O)CCC5)CCC(C(=C)C)[C@]34C=C)[C@]1(C)CC[C@@]1(C=C)C(C)(C)C(c3ccc(C(=O)O)cc3)=CC[C@]21C. The molecule has 0 aromatic heterocycles. The Morgan fingerprint density at radius 2 is 1.55 bits per heavy atom. The number of allylic oxidation sites excluding steroid dienone is 6. The number of aromatic carboxylic acids is 1. The average molecular weight is 780 g/mol. The highest BCUT2D eigenvalue weighted by atomic mass is 32.2. The number of carbonyl (C=O) groups is 1. The normalized spacial score (nSPS) is 41.1. The van der Waals surface area contributed by atoms with Crippen LogP contribution in [-0.4, -0.2) is 43.1 Å². The zero-order valence-corrected chi connectivity index (χ0v) is 36.0. The fourth-order valence-electron chi connectivity index (χ4n) is 15.6. The van der Waals surface area contributed by atoms with E-state index in [4.69, 9.17) is 13.2 Å². The van der Waals surface area contributed by atoms with Crippen molar-refractivity contribution in [2.75, 3.05) is 18.1 Å². The van der Waals surface area contributed by atoms with Crippen LogP contribution in [0.1, 0.15) is 134 Å². The first-order valence-corrected chi connectivity index (χ1v) is 23.5. The van der Waals surface area contributed by atoms with Crippen LogP contribution >= 0.6 is 0 Å². The number of hydrogen-bond acceptors (Lipinski definition) is 4. The van der Waals surface area contributed by atoms with Gasteiger partial charge in [0.15, 0.2) is 9.84 Å². The van der Waals surface area contributed by atoms with E-state index < -0.39 is 15.8 Å². The summed E-state index contributed by atoms with van der Waals surface area (Å²) in [5.41, 5.74) is 4.59. The molecule has 3 unspecified atom stereocenters. The van der Waals surface area contributed by atoms with Crippen LogP contribution in [0.2, 0.25) is 0 Å². The van der Waals surface area contributed by atoms with Gasteiger partial charge < -0.3 is 10.4 Å². The van der Waals surface area contributed by atoms with Crippen LogP contribution in [0.3, 0.4) is 0 Å². The Kier molecular flexibility index (Phi) is 10.4. The van der Waals surface area contributed by atoms with Crippen molar-refractivity contribution in [1.29, 1.82) is 0 Å². The summed E-state index contributed by atoms with van der Waals surface area (Å²) in [7, 11) is -2.92. The molecule has 304 valence electrons. The van der Waals surface area contributed by atoms with E-state index in [2.05, 4.69) is 83.5 Å². The van der Waals surface area contributed by atoms with Gasteiger partial charge in [0.25, 0.3) is 0 Å². The molecule has 1 heterocycles. The molecule has 6 aliphatic rings. The van der Waals surface area contributed by atoms with Crippen LogP contribution < -0.4 is 5.32 Å². The molecule has 4 fully saturated rings. The maximum absolute atomic E-state index is 12.2. The van der Waals surface area contributed by atoms with E-state index in [1.165, 1.54) is 23.1 Å². The van der Waals surface area contributed by atoms with E-state index in [0.717, 1.165) is 82.7 Å². The molecule has 7 rings (SSSR count). The van der Waals surface area contributed by atoms with E-state index in [9.17, 15) is 18.3 Å². The highest BCUT2D eigenvalue weighted by Gasteiger charge is 2.77. The Labute approximate surface area is 338 Å². The third-order valence-corrected chi connectivity index (χ3v) is 20.0. The highest BCUT2D eigenvalue weighted by molar-refractivity contribution is 7.91. The maximum atomic E-state index is 12.2. The summed E-state index contributed by atoms with van der Waals surface area (Å²) in [4.78, 5) is 11.7. The predicted molar refractivity (Wildman–Crippen MR) is 232 cm³/mol. The average Bonchev–Trinajstić information content (AvgIpc) is 3.50. The van der Waals surface area contributed by atoms with Crippen LogP contribution in [0.4, 0.5) is 0 Å². The molecule has 1 aliphatic heterocycles. The molecule has 1 aromatic carbocycles. The Bertz CT molecular complexity index is 1970. The van der Waals surface area contributed by atoms with Crippen LogP contribution in [0.5, 0.6) is 0 Å². The topological polar surface area (TPSA) is 83.5 Å². The van der Waals surface area contributed by atoms with E-state index in [1.807, 2.05) is 12.1 Å². The van der Waals surface area contributed by atoms with E-state index in [0.29, 0.717) is 35.5 Å². The zero-order chi connectivity index (χ0) is 40.6. The number of benzene rings is 1. The van der Waals surface area contributed by atoms with Crippen molar-refractivity contribution in [2.45, 2.75) is 124 Å². The molecule has 0 spiro atoms. The summed E-state index contributed by atoms with van der Waals surface area (Å²) < 4.78 is 24.5. The van der Waals surface area contributed by atoms with Crippen molar-refractivity contribution in [3.8, 4) is 0 Å². The molecule has 9 atom stereocenters. The van der Waals surface area contributed by atoms with Gasteiger partial charge in [-0.25, -0.2) is 13.2 Å². The zero-order valence-electron chi connectivity index (χ0n) is 35.2. The van der Waals surface area contributed by atoms with Crippen molar-refractivity contribution >= 4 is 21.4 Å². The van der Waals surface area contributed by atoms with Crippen molar-refractivity contribution in [3.63, 3.8) is 0 Å². The van der Waals surface area contributed by atoms with Crippen molar-refractivity contribution in [3.05, 3.63) is 103 Å². The number of carboxylic acids is 1. The van der Waals surface area contributed by atoms with Gasteiger partial charge in [0, 0.05) is 21.8 Å². The lowest BCUT2D eigenvalue weighted by Crippen LogP contribution is -2.73. The molecule has 56 heavy (non-hydrogen) atoms. The van der Waals surface area contributed by atoms with E-state index in [1.54, 1.807) is 12.1 Å². The maximum Gasteiger partial charge on any atom is 0.335 e. The lowest BCUT2D eigenvalue weighted by Gasteiger charge is -2.77. The summed E-state index contributed by atoms with van der Waals surface area (Å²) in [5.74, 6) is 1.04. The predicted octanol–water partition coefficient (Wildman–Crippen LogP) is 11.6. The smallest absolute Gasteiger partial charge is 0.335 e. The minimum absolute atomic E-state index is 0.0257. The van der Waals surface area contributed by atoms with Gasteiger partial charge in [0.1, 0.15) is 0 Å². The van der Waals surface area contributed by atoms with Gasteiger partial charge in [0.05, 0.1) is 17.1 Å². The first-order valence-electron chi connectivity index (χ1n) is 21.6. The largest absolute Gasteiger partial charge is 0.478 e. The molecule has 2 N–H and O–H groups in total. The van der Waals surface area contributed by atoms with Gasteiger partial charge in [-0.3, -0.25) is 0 Å². The number of sulfone groups is 1. The molecule has 0 radical (unpaired) electrons. The quantitative estimate of drug-likeness (QED) is 0.231. The molecule has 6 heteroatoms. The summed E-state index contributed by atoms with van der Waals surface area (Å²) >= 11 is 0. The summed E-state index contributed by atoms with van der Waals surface area (Å²) in [6.07, 6.45) is 24.9. The summed E-state index contributed by atoms with van der Waals surface area (Å²) in [6, 6.07) is 7.48. The summed E-state index contributed by atoms with van der Waals surface area (Å²) in [6.45, 7) is 32.0. The van der Waals surface area contributed by atoms with Crippen molar-refractivity contribution in [1.82, 2.24) is 5.32 Å². The van der Waals surface area contributed by atoms with Gasteiger partial charge in [-0.1, -0.05) is 87.9 Å². The third kappa shape index (κ3) is 5.46. The van der Waals surface area contributed by atoms with Crippen LogP contribution in [0.25, 0.3) is 5.57 Å². The number of hydrogen-bond donors (Lipinski definition) is 2. The Morgan fingerprint density at radius 3 is 2.20 bits per heavy atom. The number of nitrogens with one attached hydrogen (secondary N) is 1. The Balaban J connectivity index is 1.25. The van der Waals surface area contributed by atoms with E-state index in [-0.39, 0.29) is 43.8 Å². The molecule has 0 bridgehead atoms. The molecule has 0 amide bonds. The number of rotatable bonds is 10. The monoisotopic (exact) mass is 779 g/mol. The fourth-order valence-corrected chi connectivity index (χ4v) is 16.9. The standard InChI is InChI=1S/C50H69NO4S/c1-10-47-31-30-45(8)41-24-29-49(51-32-25-36-15-13-33-56(54,55)34-14-16-36)28-23-39(35(4)5)50(49,12-3)42(41)22-27-48(45,11-2)46(47,9)26-21-40(44(47,6)7)37-17-19-38(20-18-37)43(52)53/h10-12,15,17-21,39,41-42,51H,1-4,13-14,16,22-34H2,5-9H3,(H,52,53)/t39?,41?,42-,45-,46-,47-,48-,49?,50+/m0/s1. The second kappa shape index (κ2) is 14.1. The van der Waals surface area contributed by atoms with Gasteiger partial charge in [-0.15, -0.1) is 19.7 Å². The first kappa shape index (κ1) is 41.2. The summed E-state index contributed by atoms with van der Waals surface area (Å²) in [5, 5.41) is 13.9. The minimum Gasteiger partial charge on any atom is -0.478 e. The van der Waals surface area contributed by atoms with Crippen LogP contribution in [-0.2, 0) is 9.84 Å². The lowest BCUT2D eigenvalue weighted by molar-refractivity contribution is -0.246. The fraction of sp³-hybridized carbons (Fsp3) is 0.620. The number of carboxylic acid groups (broad SMARTS) is 1. The molecule has 5 aliphatic carbocycles. The second-order valence-corrected chi connectivity index (χ2v) is 22.3. The van der Waals surface area contributed by atoms with E-state index >= 15 is 0 Å². The lowest BCUT2D eigenvalue weighted by atomic mass is 9.26. The molecule has 0 saturated heterocycles. The van der Waals surface area contributed by atoms with Crippen molar-refractivity contribution < 1.29 is 18.3 Å². The second-order valence-electron chi connectivity index (χ2n) is 20.0. The molecule has 4 saturated carbocycles.